The van der Waals surface area contributed by atoms with Crippen LogP contribution in [0.3, 0.4) is 0 Å². The summed E-state index contributed by atoms with van der Waals surface area (Å²) in [6.45, 7) is 17.0. The van der Waals surface area contributed by atoms with E-state index in [1.807, 2.05) is 0 Å². The molecule has 0 bridgehead atoms. The summed E-state index contributed by atoms with van der Waals surface area (Å²) >= 11 is 0. The van der Waals surface area contributed by atoms with Gasteiger partial charge in [-0.3, -0.25) is 0 Å². The highest BCUT2D eigenvalue weighted by Crippen LogP contribution is 2.38. The quantitative estimate of drug-likeness (QED) is 0.294. The lowest BCUT2D eigenvalue weighted by atomic mass is 9.72. The maximum atomic E-state index is 2.56. The van der Waals surface area contributed by atoms with Crippen LogP contribution in [0, 0.1) is 41.4 Å². The molecule has 150 valence electrons. The first-order valence-electron chi connectivity index (χ1n) is 11.8. The van der Waals surface area contributed by atoms with Crippen molar-refractivity contribution in [3.63, 3.8) is 0 Å². The van der Waals surface area contributed by atoms with Gasteiger partial charge in [0.1, 0.15) is 0 Å². The molecule has 3 unspecified atom stereocenters. The Kier molecular flexibility index (Phi) is 11.4. The summed E-state index contributed by atoms with van der Waals surface area (Å²) in [7, 11) is 0. The highest BCUT2D eigenvalue weighted by Gasteiger charge is 2.25. The third kappa shape index (κ3) is 9.48. The Morgan fingerprint density at radius 1 is 0.800 bits per heavy atom. The van der Waals surface area contributed by atoms with Crippen LogP contribution >= 0.6 is 0 Å². The Hall–Kier alpha value is 0. The molecule has 0 aliphatic heterocycles. The molecule has 1 rings (SSSR count). The molecular formula is C25H50. The second-order valence-electron chi connectivity index (χ2n) is 10.5. The maximum absolute atomic E-state index is 2.56. The van der Waals surface area contributed by atoms with E-state index in [4.69, 9.17) is 0 Å². The SMILES string of the molecule is CCCC(CCCC(C)C(CCCC1CC(C)C1)CC(C)C)C(C)C. The van der Waals surface area contributed by atoms with Gasteiger partial charge in [0.25, 0.3) is 0 Å². The van der Waals surface area contributed by atoms with Crippen molar-refractivity contribution in [2.24, 2.45) is 41.4 Å². The molecule has 1 aliphatic carbocycles. The third-order valence-electron chi connectivity index (χ3n) is 7.07. The summed E-state index contributed by atoms with van der Waals surface area (Å²) in [6, 6.07) is 0. The van der Waals surface area contributed by atoms with Crippen LogP contribution in [0.25, 0.3) is 0 Å². The summed E-state index contributed by atoms with van der Waals surface area (Å²) in [5.41, 5.74) is 0. The monoisotopic (exact) mass is 350 g/mol. The summed E-state index contributed by atoms with van der Waals surface area (Å²) in [5, 5.41) is 0. The first kappa shape index (κ1) is 23.0. The molecule has 0 radical (unpaired) electrons. The van der Waals surface area contributed by atoms with Crippen molar-refractivity contribution in [1.29, 1.82) is 0 Å². The summed E-state index contributed by atoms with van der Waals surface area (Å²) in [4.78, 5) is 0. The van der Waals surface area contributed by atoms with Gasteiger partial charge in [0.15, 0.2) is 0 Å². The van der Waals surface area contributed by atoms with Gasteiger partial charge in [0, 0.05) is 0 Å². The van der Waals surface area contributed by atoms with Crippen molar-refractivity contribution >= 4 is 0 Å². The minimum absolute atomic E-state index is 0.861. The summed E-state index contributed by atoms with van der Waals surface area (Å²) in [6.07, 6.45) is 16.1. The predicted molar refractivity (Wildman–Crippen MR) is 115 cm³/mol. The van der Waals surface area contributed by atoms with Gasteiger partial charge in [-0.1, -0.05) is 99.8 Å². The van der Waals surface area contributed by atoms with Crippen LogP contribution < -0.4 is 0 Å². The van der Waals surface area contributed by atoms with Crippen LogP contribution in [0.5, 0.6) is 0 Å². The van der Waals surface area contributed by atoms with Crippen LogP contribution in [0.15, 0.2) is 0 Å². The van der Waals surface area contributed by atoms with E-state index in [0.717, 1.165) is 41.4 Å². The Morgan fingerprint density at radius 2 is 1.44 bits per heavy atom. The molecule has 25 heavy (non-hydrogen) atoms. The van der Waals surface area contributed by atoms with Gasteiger partial charge in [0.05, 0.1) is 0 Å². The molecule has 0 aromatic rings. The molecule has 0 saturated heterocycles. The Morgan fingerprint density at radius 3 is 1.96 bits per heavy atom. The lowest BCUT2D eigenvalue weighted by Gasteiger charge is -2.33. The zero-order valence-corrected chi connectivity index (χ0v) is 18.8. The van der Waals surface area contributed by atoms with E-state index in [1.54, 1.807) is 0 Å². The first-order chi connectivity index (χ1) is 11.8. The highest BCUT2D eigenvalue weighted by atomic mass is 14.3. The molecule has 0 spiro atoms. The zero-order chi connectivity index (χ0) is 18.8. The molecule has 1 aliphatic rings. The minimum atomic E-state index is 0.861. The van der Waals surface area contributed by atoms with Crippen LogP contribution in [0.2, 0.25) is 0 Å². The van der Waals surface area contributed by atoms with Crippen molar-refractivity contribution in [2.75, 3.05) is 0 Å². The lowest BCUT2D eigenvalue weighted by molar-refractivity contribution is 0.182. The van der Waals surface area contributed by atoms with E-state index in [9.17, 15) is 0 Å². The summed E-state index contributed by atoms with van der Waals surface area (Å²) < 4.78 is 0. The fourth-order valence-electron chi connectivity index (χ4n) is 5.33. The van der Waals surface area contributed by atoms with Crippen LogP contribution in [-0.2, 0) is 0 Å². The molecule has 0 N–H and O–H groups in total. The van der Waals surface area contributed by atoms with E-state index in [2.05, 4.69) is 48.5 Å². The largest absolute Gasteiger partial charge is 0.0654 e. The van der Waals surface area contributed by atoms with E-state index in [1.165, 1.54) is 70.6 Å². The van der Waals surface area contributed by atoms with E-state index in [-0.39, 0.29) is 0 Å². The predicted octanol–water partition coefficient (Wildman–Crippen LogP) is 8.74. The normalized spacial score (nSPS) is 24.4. The molecule has 0 heteroatoms. The molecule has 0 nitrogen and oxygen atoms in total. The fraction of sp³-hybridized carbons (Fsp3) is 1.00. The van der Waals surface area contributed by atoms with Crippen molar-refractivity contribution in [3.05, 3.63) is 0 Å². The molecule has 0 amide bonds. The van der Waals surface area contributed by atoms with E-state index in [0.29, 0.717) is 0 Å². The molecule has 0 aromatic heterocycles. The topological polar surface area (TPSA) is 0 Å². The van der Waals surface area contributed by atoms with Gasteiger partial charge in [-0.05, 0) is 60.7 Å². The minimum Gasteiger partial charge on any atom is -0.0654 e. The highest BCUT2D eigenvalue weighted by molar-refractivity contribution is 4.77. The second-order valence-corrected chi connectivity index (χ2v) is 10.5. The molecule has 1 saturated carbocycles. The number of hydrogen-bond acceptors (Lipinski definition) is 0. The smallest absolute Gasteiger partial charge is 0.0386 e. The Labute approximate surface area is 160 Å². The second kappa shape index (κ2) is 12.4. The van der Waals surface area contributed by atoms with Crippen LogP contribution in [-0.4, -0.2) is 0 Å². The number of rotatable bonds is 14. The van der Waals surface area contributed by atoms with Gasteiger partial charge >= 0.3 is 0 Å². The molecule has 0 heterocycles. The van der Waals surface area contributed by atoms with Gasteiger partial charge in [-0.15, -0.1) is 0 Å². The molecule has 3 atom stereocenters. The van der Waals surface area contributed by atoms with Crippen LogP contribution in [0.1, 0.15) is 119 Å². The average molecular weight is 351 g/mol. The lowest BCUT2D eigenvalue weighted by Crippen LogP contribution is -2.21. The van der Waals surface area contributed by atoms with E-state index >= 15 is 0 Å². The van der Waals surface area contributed by atoms with E-state index < -0.39 is 0 Å². The average Bonchev–Trinajstić information content (AvgIpc) is 2.50. The number of hydrogen-bond donors (Lipinski definition) is 0. The van der Waals surface area contributed by atoms with Gasteiger partial charge in [-0.2, -0.15) is 0 Å². The van der Waals surface area contributed by atoms with Gasteiger partial charge in [-0.25, -0.2) is 0 Å². The van der Waals surface area contributed by atoms with Crippen LogP contribution in [0.4, 0.5) is 0 Å². The Balaban J connectivity index is 2.32. The standard InChI is InChI=1S/C25H50/c1-8-11-24(20(4)5)14-9-12-22(7)25(16-19(2)3)15-10-13-23-17-21(6)18-23/h19-25H,8-18H2,1-7H3. The van der Waals surface area contributed by atoms with Crippen molar-refractivity contribution in [2.45, 2.75) is 119 Å². The van der Waals surface area contributed by atoms with Gasteiger partial charge in [0.2, 0.25) is 0 Å². The molecule has 1 fully saturated rings. The maximum Gasteiger partial charge on any atom is -0.0386 e. The first-order valence-corrected chi connectivity index (χ1v) is 11.8. The fourth-order valence-corrected chi connectivity index (χ4v) is 5.33. The third-order valence-corrected chi connectivity index (χ3v) is 7.07. The molecule has 0 aromatic carbocycles. The molecular weight excluding hydrogens is 300 g/mol. The zero-order valence-electron chi connectivity index (χ0n) is 18.8. The summed E-state index contributed by atoms with van der Waals surface area (Å²) in [5.74, 6) is 6.68. The van der Waals surface area contributed by atoms with Crippen molar-refractivity contribution in [1.82, 2.24) is 0 Å². The Bertz CT molecular complexity index is 310. The van der Waals surface area contributed by atoms with Crippen molar-refractivity contribution in [3.8, 4) is 0 Å². The van der Waals surface area contributed by atoms with Gasteiger partial charge < -0.3 is 0 Å². The van der Waals surface area contributed by atoms with Crippen molar-refractivity contribution < 1.29 is 0 Å².